The summed E-state index contributed by atoms with van der Waals surface area (Å²) in [6.07, 6.45) is 2.49. The van der Waals surface area contributed by atoms with Crippen molar-refractivity contribution in [2.24, 2.45) is 5.92 Å². The molecule has 0 spiro atoms. The Morgan fingerprint density at radius 1 is 1.11 bits per heavy atom. The van der Waals surface area contributed by atoms with Crippen LogP contribution in [0.1, 0.15) is 18.4 Å². The highest BCUT2D eigenvalue weighted by Crippen LogP contribution is 2.22. The summed E-state index contributed by atoms with van der Waals surface area (Å²) in [5.41, 5.74) is 0.818. The van der Waals surface area contributed by atoms with E-state index in [4.69, 9.17) is 0 Å². The Bertz CT molecular complexity index is 782. The SMILES string of the molecule is CN(C)C(=O)CN(C)C(=O)C1CCN(S(=O)(=O)/C=C/c2ccccc2)CC1. The van der Waals surface area contributed by atoms with E-state index in [1.165, 1.54) is 19.5 Å². The molecule has 0 saturated carbocycles. The molecule has 1 aromatic rings. The van der Waals surface area contributed by atoms with Gasteiger partial charge >= 0.3 is 0 Å². The molecule has 1 fully saturated rings. The summed E-state index contributed by atoms with van der Waals surface area (Å²) in [6.45, 7) is 0.630. The second-order valence-electron chi connectivity index (χ2n) is 6.91. The molecule has 148 valence electrons. The first-order valence-corrected chi connectivity index (χ1v) is 10.4. The van der Waals surface area contributed by atoms with Crippen LogP contribution in [0.25, 0.3) is 6.08 Å². The minimum atomic E-state index is -3.51. The van der Waals surface area contributed by atoms with E-state index in [2.05, 4.69) is 0 Å². The second-order valence-corrected chi connectivity index (χ2v) is 8.73. The van der Waals surface area contributed by atoms with Crippen LogP contribution in [0, 0.1) is 5.92 Å². The van der Waals surface area contributed by atoms with E-state index in [1.54, 1.807) is 27.2 Å². The maximum absolute atomic E-state index is 12.5. The van der Waals surface area contributed by atoms with Gasteiger partial charge in [0.25, 0.3) is 0 Å². The van der Waals surface area contributed by atoms with Crippen LogP contribution in [0.2, 0.25) is 0 Å². The number of rotatable bonds is 6. The van der Waals surface area contributed by atoms with Gasteiger partial charge in [-0.25, -0.2) is 8.42 Å². The van der Waals surface area contributed by atoms with Crippen molar-refractivity contribution in [2.75, 3.05) is 40.8 Å². The van der Waals surface area contributed by atoms with Crippen molar-refractivity contribution < 1.29 is 18.0 Å². The van der Waals surface area contributed by atoms with Crippen molar-refractivity contribution in [1.29, 1.82) is 0 Å². The first-order valence-electron chi connectivity index (χ1n) is 8.89. The zero-order chi connectivity index (χ0) is 20.0. The summed E-state index contributed by atoms with van der Waals surface area (Å²) in [5, 5.41) is 1.21. The molecule has 0 aliphatic carbocycles. The minimum Gasteiger partial charge on any atom is -0.347 e. The van der Waals surface area contributed by atoms with Crippen LogP contribution in [0.15, 0.2) is 35.7 Å². The molecule has 0 N–H and O–H groups in total. The van der Waals surface area contributed by atoms with Crippen molar-refractivity contribution in [3.63, 3.8) is 0 Å². The molecule has 7 nitrogen and oxygen atoms in total. The zero-order valence-corrected chi connectivity index (χ0v) is 16.9. The Morgan fingerprint density at radius 3 is 2.26 bits per heavy atom. The van der Waals surface area contributed by atoms with Gasteiger partial charge in [0, 0.05) is 45.6 Å². The highest BCUT2D eigenvalue weighted by Gasteiger charge is 2.31. The molecule has 1 aliphatic heterocycles. The van der Waals surface area contributed by atoms with E-state index in [1.807, 2.05) is 30.3 Å². The fourth-order valence-electron chi connectivity index (χ4n) is 2.91. The number of likely N-dealkylation sites (N-methyl/N-ethyl adjacent to an activating group) is 2. The lowest BCUT2D eigenvalue weighted by molar-refractivity contribution is -0.141. The van der Waals surface area contributed by atoms with Gasteiger partial charge in [-0.1, -0.05) is 30.3 Å². The van der Waals surface area contributed by atoms with E-state index in [-0.39, 0.29) is 24.3 Å². The lowest BCUT2D eigenvalue weighted by atomic mass is 9.96. The van der Waals surface area contributed by atoms with E-state index < -0.39 is 10.0 Å². The first kappa shape index (κ1) is 21.1. The van der Waals surface area contributed by atoms with Gasteiger partial charge in [-0.05, 0) is 24.5 Å². The van der Waals surface area contributed by atoms with Crippen LogP contribution >= 0.6 is 0 Å². The van der Waals surface area contributed by atoms with Gasteiger partial charge in [-0.3, -0.25) is 9.59 Å². The average molecular weight is 394 g/mol. The predicted octanol–water partition coefficient (Wildman–Crippen LogP) is 1.25. The monoisotopic (exact) mass is 393 g/mol. The van der Waals surface area contributed by atoms with Gasteiger partial charge < -0.3 is 9.80 Å². The highest BCUT2D eigenvalue weighted by molar-refractivity contribution is 7.92. The standard InChI is InChI=1S/C19H27N3O4S/c1-20(2)18(23)15-21(3)19(24)17-9-12-22(13-10-17)27(25,26)14-11-16-7-5-4-6-8-16/h4-8,11,14,17H,9-10,12-13,15H2,1-3H3/b14-11+. The molecule has 0 bridgehead atoms. The molecule has 0 atom stereocenters. The van der Waals surface area contributed by atoms with Gasteiger partial charge in [0.15, 0.2) is 0 Å². The lowest BCUT2D eigenvalue weighted by Gasteiger charge is -2.32. The molecule has 1 saturated heterocycles. The van der Waals surface area contributed by atoms with Crippen molar-refractivity contribution in [3.05, 3.63) is 41.3 Å². The molecule has 1 heterocycles. The van der Waals surface area contributed by atoms with Gasteiger partial charge in [-0.15, -0.1) is 0 Å². The number of benzene rings is 1. The number of carbonyl (C=O) groups is 2. The van der Waals surface area contributed by atoms with Gasteiger partial charge in [0.1, 0.15) is 0 Å². The summed E-state index contributed by atoms with van der Waals surface area (Å²) >= 11 is 0. The summed E-state index contributed by atoms with van der Waals surface area (Å²) in [4.78, 5) is 27.1. The number of amides is 2. The fourth-order valence-corrected chi connectivity index (χ4v) is 4.13. The molecule has 8 heteroatoms. The first-order chi connectivity index (χ1) is 12.7. The topological polar surface area (TPSA) is 78.0 Å². The highest BCUT2D eigenvalue weighted by atomic mass is 32.2. The quantitative estimate of drug-likeness (QED) is 0.729. The molecule has 0 radical (unpaired) electrons. The van der Waals surface area contributed by atoms with Crippen LogP contribution in [-0.2, 0) is 19.6 Å². The molecule has 0 aromatic heterocycles. The Kier molecular flexibility index (Phi) is 7.15. The predicted molar refractivity (Wildman–Crippen MR) is 105 cm³/mol. The molecule has 1 aliphatic rings. The number of hydrogen-bond donors (Lipinski definition) is 0. The Labute approximate surface area is 161 Å². The molecular formula is C19H27N3O4S. The van der Waals surface area contributed by atoms with Crippen LogP contribution in [0.5, 0.6) is 0 Å². The van der Waals surface area contributed by atoms with Crippen LogP contribution in [-0.4, -0.2) is 75.1 Å². The van der Waals surface area contributed by atoms with Crippen molar-refractivity contribution in [3.8, 4) is 0 Å². The minimum absolute atomic E-state index is 0.0319. The molecule has 0 unspecified atom stereocenters. The second kappa shape index (κ2) is 9.14. The Morgan fingerprint density at radius 2 is 1.70 bits per heavy atom. The maximum atomic E-state index is 12.5. The zero-order valence-electron chi connectivity index (χ0n) is 16.0. The Balaban J connectivity index is 1.91. The summed E-state index contributed by atoms with van der Waals surface area (Å²) in [6, 6.07) is 9.24. The normalized spacial score (nSPS) is 16.4. The third-order valence-corrected chi connectivity index (χ3v) is 6.21. The molecule has 2 rings (SSSR count). The summed E-state index contributed by atoms with van der Waals surface area (Å²) in [5.74, 6) is -0.506. The number of piperidine rings is 1. The van der Waals surface area contributed by atoms with E-state index >= 15 is 0 Å². The fraction of sp³-hybridized carbons (Fsp3) is 0.474. The number of sulfonamides is 1. The molecule has 27 heavy (non-hydrogen) atoms. The molecular weight excluding hydrogens is 366 g/mol. The van der Waals surface area contributed by atoms with Crippen LogP contribution < -0.4 is 0 Å². The molecule has 2 amide bonds. The van der Waals surface area contributed by atoms with E-state index in [9.17, 15) is 18.0 Å². The van der Waals surface area contributed by atoms with Crippen LogP contribution in [0.4, 0.5) is 0 Å². The van der Waals surface area contributed by atoms with Crippen molar-refractivity contribution in [1.82, 2.24) is 14.1 Å². The number of hydrogen-bond acceptors (Lipinski definition) is 4. The summed E-state index contributed by atoms with van der Waals surface area (Å²) < 4.78 is 26.4. The van der Waals surface area contributed by atoms with E-state index in [0.717, 1.165) is 5.56 Å². The maximum Gasteiger partial charge on any atom is 0.241 e. The third-order valence-electron chi connectivity index (χ3n) is 4.64. The Hall–Kier alpha value is -2.19. The smallest absolute Gasteiger partial charge is 0.241 e. The lowest BCUT2D eigenvalue weighted by Crippen LogP contribution is -2.45. The third kappa shape index (κ3) is 5.90. The largest absolute Gasteiger partial charge is 0.347 e. The van der Waals surface area contributed by atoms with Crippen molar-refractivity contribution in [2.45, 2.75) is 12.8 Å². The average Bonchev–Trinajstić information content (AvgIpc) is 2.66. The van der Waals surface area contributed by atoms with Crippen molar-refractivity contribution >= 4 is 27.9 Å². The van der Waals surface area contributed by atoms with Gasteiger partial charge in [0.2, 0.25) is 21.8 Å². The van der Waals surface area contributed by atoms with Gasteiger partial charge in [-0.2, -0.15) is 4.31 Å². The number of carbonyl (C=O) groups excluding carboxylic acids is 2. The van der Waals surface area contributed by atoms with E-state index in [0.29, 0.717) is 25.9 Å². The summed E-state index contributed by atoms with van der Waals surface area (Å²) in [7, 11) is 1.38. The van der Waals surface area contributed by atoms with Gasteiger partial charge in [0.05, 0.1) is 6.54 Å². The molecule has 1 aromatic carbocycles. The number of nitrogens with zero attached hydrogens (tertiary/aromatic N) is 3. The van der Waals surface area contributed by atoms with Crippen LogP contribution in [0.3, 0.4) is 0 Å².